The van der Waals surface area contributed by atoms with Gasteiger partial charge in [0.1, 0.15) is 0 Å². The van der Waals surface area contributed by atoms with Crippen LogP contribution in [-0.2, 0) is 9.53 Å². The molecule has 5 nitrogen and oxygen atoms in total. The van der Waals surface area contributed by atoms with E-state index in [1.54, 1.807) is 0 Å². The maximum atomic E-state index is 11.5. The monoisotopic (exact) mass is 325 g/mol. The van der Waals surface area contributed by atoms with Crippen LogP contribution in [0.15, 0.2) is 42.7 Å². The zero-order chi connectivity index (χ0) is 16.9. The highest BCUT2D eigenvalue weighted by Crippen LogP contribution is 2.23. The molecule has 0 saturated heterocycles. The lowest BCUT2D eigenvalue weighted by Gasteiger charge is -2.24. The Morgan fingerprint density at radius 3 is 2.75 bits per heavy atom. The molecule has 0 N–H and O–H groups in total. The molecule has 5 heteroatoms. The summed E-state index contributed by atoms with van der Waals surface area (Å²) in [7, 11) is 0. The van der Waals surface area contributed by atoms with Crippen molar-refractivity contribution >= 4 is 11.5 Å². The quantitative estimate of drug-likeness (QED) is 0.793. The second-order valence-electron chi connectivity index (χ2n) is 6.03. The Kier molecular flexibility index (Phi) is 5.11. The summed E-state index contributed by atoms with van der Waals surface area (Å²) in [5, 5.41) is 4.47. The number of nitrogens with zero attached hydrogens (tertiary/aromatic N) is 3. The first-order chi connectivity index (χ1) is 11.7. The molecular weight excluding hydrogens is 302 g/mol. The first kappa shape index (κ1) is 16.5. The summed E-state index contributed by atoms with van der Waals surface area (Å²) in [6.45, 7) is 6.33. The Hall–Kier alpha value is -2.40. The maximum absolute atomic E-state index is 11.5. The van der Waals surface area contributed by atoms with Crippen LogP contribution >= 0.6 is 0 Å². The van der Waals surface area contributed by atoms with E-state index >= 15 is 0 Å². The van der Waals surface area contributed by atoms with E-state index in [1.807, 2.05) is 17.8 Å². The topological polar surface area (TPSA) is 47.4 Å². The third-order valence-electron chi connectivity index (χ3n) is 4.20. The second kappa shape index (κ2) is 7.45. The number of aryl methyl sites for hydroxylation is 1. The van der Waals surface area contributed by atoms with E-state index in [9.17, 15) is 4.79 Å². The molecule has 0 aliphatic carbocycles. The number of hydrogen-bond donors (Lipinski definition) is 0. The van der Waals surface area contributed by atoms with Crippen molar-refractivity contribution in [2.24, 2.45) is 0 Å². The van der Waals surface area contributed by atoms with Crippen molar-refractivity contribution in [3.05, 3.63) is 53.9 Å². The lowest BCUT2D eigenvalue weighted by molar-refractivity contribution is -0.144. The molecule has 0 fully saturated rings. The van der Waals surface area contributed by atoms with Gasteiger partial charge in [0.15, 0.2) is 0 Å². The molecule has 0 bridgehead atoms. The number of aromatic nitrogens is 2. The fraction of sp³-hybridized carbons (Fsp3) is 0.368. The summed E-state index contributed by atoms with van der Waals surface area (Å²) in [6, 6.07) is 8.32. The van der Waals surface area contributed by atoms with Crippen molar-refractivity contribution in [2.75, 3.05) is 26.2 Å². The molecule has 0 spiro atoms. The summed E-state index contributed by atoms with van der Waals surface area (Å²) >= 11 is 0. The summed E-state index contributed by atoms with van der Waals surface area (Å²) in [4.78, 5) is 13.7. The van der Waals surface area contributed by atoms with Crippen LogP contribution in [0, 0.1) is 6.92 Å². The molecule has 1 aromatic heterocycles. The fourth-order valence-corrected chi connectivity index (χ4v) is 2.83. The summed E-state index contributed by atoms with van der Waals surface area (Å²) in [5.41, 5.74) is 4.73. The average molecular weight is 325 g/mol. The van der Waals surface area contributed by atoms with Crippen LogP contribution < -0.4 is 0 Å². The van der Waals surface area contributed by atoms with Gasteiger partial charge in [-0.3, -0.25) is 9.69 Å². The van der Waals surface area contributed by atoms with E-state index in [4.69, 9.17) is 4.74 Å². The molecular formula is C19H23N3O2. The molecule has 0 atom stereocenters. The van der Waals surface area contributed by atoms with E-state index in [-0.39, 0.29) is 5.97 Å². The number of ether oxygens (including phenoxy) is 1. The number of benzene rings is 1. The highest BCUT2D eigenvalue weighted by molar-refractivity contribution is 5.72. The van der Waals surface area contributed by atoms with Crippen LogP contribution in [0.25, 0.3) is 11.3 Å². The van der Waals surface area contributed by atoms with Gasteiger partial charge in [0.2, 0.25) is 0 Å². The van der Waals surface area contributed by atoms with E-state index in [0.717, 1.165) is 30.8 Å². The van der Waals surface area contributed by atoms with Gasteiger partial charge in [-0.05, 0) is 38.0 Å². The van der Waals surface area contributed by atoms with E-state index < -0.39 is 0 Å². The predicted molar refractivity (Wildman–Crippen MR) is 94.0 cm³/mol. The van der Waals surface area contributed by atoms with E-state index in [2.05, 4.69) is 53.5 Å². The maximum Gasteiger partial charge on any atom is 0.320 e. The smallest absolute Gasteiger partial charge is 0.320 e. The van der Waals surface area contributed by atoms with Gasteiger partial charge in [0.25, 0.3) is 0 Å². The summed E-state index contributed by atoms with van der Waals surface area (Å²) in [5.74, 6) is -0.151. The van der Waals surface area contributed by atoms with Gasteiger partial charge < -0.3 is 4.74 Å². The molecule has 3 rings (SSSR count). The SMILES string of the molecule is CCOC(=O)CN1CC=C(c2cnn(-c3ccc(C)cc3)c2)CC1. The summed E-state index contributed by atoms with van der Waals surface area (Å²) < 4.78 is 6.91. The second-order valence-corrected chi connectivity index (χ2v) is 6.03. The number of carbonyl (C=O) groups excluding carboxylic acids is 1. The minimum Gasteiger partial charge on any atom is -0.465 e. The molecule has 2 heterocycles. The predicted octanol–water partition coefficient (Wildman–Crippen LogP) is 2.83. The van der Waals surface area contributed by atoms with Gasteiger partial charge >= 0.3 is 5.97 Å². The van der Waals surface area contributed by atoms with Crippen LogP contribution in [0.2, 0.25) is 0 Å². The van der Waals surface area contributed by atoms with Crippen LogP contribution in [0.1, 0.15) is 24.5 Å². The zero-order valence-electron chi connectivity index (χ0n) is 14.2. The van der Waals surface area contributed by atoms with Crippen molar-refractivity contribution < 1.29 is 9.53 Å². The highest BCUT2D eigenvalue weighted by atomic mass is 16.5. The van der Waals surface area contributed by atoms with Crippen LogP contribution in [0.3, 0.4) is 0 Å². The largest absolute Gasteiger partial charge is 0.465 e. The number of rotatable bonds is 5. The van der Waals surface area contributed by atoms with Gasteiger partial charge in [0.05, 0.1) is 25.0 Å². The highest BCUT2D eigenvalue weighted by Gasteiger charge is 2.17. The molecule has 0 saturated carbocycles. The zero-order valence-corrected chi connectivity index (χ0v) is 14.2. The standard InChI is InChI=1S/C19H23N3O2/c1-3-24-19(23)14-21-10-8-16(9-11-21)17-12-20-22(13-17)18-6-4-15(2)5-7-18/h4-8,12-13H,3,9-11,14H2,1-2H3. The van der Waals surface area contributed by atoms with Crippen molar-refractivity contribution in [1.82, 2.24) is 14.7 Å². The van der Waals surface area contributed by atoms with Crippen molar-refractivity contribution in [3.8, 4) is 5.69 Å². The molecule has 1 aliphatic rings. The molecule has 0 radical (unpaired) electrons. The van der Waals surface area contributed by atoms with Crippen LogP contribution in [-0.4, -0.2) is 46.9 Å². The van der Waals surface area contributed by atoms with Crippen LogP contribution in [0.4, 0.5) is 0 Å². The van der Waals surface area contributed by atoms with E-state index in [1.165, 1.54) is 11.1 Å². The van der Waals surface area contributed by atoms with Gasteiger partial charge in [-0.25, -0.2) is 4.68 Å². The Balaban J connectivity index is 1.65. The molecule has 24 heavy (non-hydrogen) atoms. The molecule has 0 unspecified atom stereocenters. The van der Waals surface area contributed by atoms with Gasteiger partial charge in [-0.15, -0.1) is 0 Å². The van der Waals surface area contributed by atoms with E-state index in [0.29, 0.717) is 13.2 Å². The Morgan fingerprint density at radius 1 is 1.29 bits per heavy atom. The van der Waals surface area contributed by atoms with Gasteiger partial charge in [-0.1, -0.05) is 23.8 Å². The fourth-order valence-electron chi connectivity index (χ4n) is 2.83. The molecule has 1 aromatic carbocycles. The van der Waals surface area contributed by atoms with Gasteiger partial charge in [-0.2, -0.15) is 5.10 Å². The number of hydrogen-bond acceptors (Lipinski definition) is 4. The van der Waals surface area contributed by atoms with Gasteiger partial charge in [0, 0.05) is 24.8 Å². The Labute approximate surface area is 142 Å². The van der Waals surface area contributed by atoms with Crippen molar-refractivity contribution in [2.45, 2.75) is 20.3 Å². The lowest BCUT2D eigenvalue weighted by atomic mass is 10.0. The summed E-state index contributed by atoms with van der Waals surface area (Å²) in [6.07, 6.45) is 7.07. The number of carbonyl (C=O) groups is 1. The molecule has 0 amide bonds. The molecule has 1 aliphatic heterocycles. The number of esters is 1. The molecule has 126 valence electrons. The first-order valence-electron chi connectivity index (χ1n) is 8.35. The third kappa shape index (κ3) is 3.92. The molecule has 2 aromatic rings. The van der Waals surface area contributed by atoms with Crippen molar-refractivity contribution in [3.63, 3.8) is 0 Å². The normalized spacial score (nSPS) is 15.2. The Bertz CT molecular complexity index is 731. The van der Waals surface area contributed by atoms with Crippen LogP contribution in [0.5, 0.6) is 0 Å². The minimum atomic E-state index is -0.151. The lowest BCUT2D eigenvalue weighted by Crippen LogP contribution is -2.34. The first-order valence-corrected chi connectivity index (χ1v) is 8.35. The average Bonchev–Trinajstić information content (AvgIpc) is 3.06. The third-order valence-corrected chi connectivity index (χ3v) is 4.20. The minimum absolute atomic E-state index is 0.151. The van der Waals surface area contributed by atoms with Crippen molar-refractivity contribution in [1.29, 1.82) is 0 Å². The Morgan fingerprint density at radius 2 is 2.08 bits per heavy atom.